The number of nitriles is 1. The summed E-state index contributed by atoms with van der Waals surface area (Å²) in [6, 6.07) is 10.6. The number of nitrogens with zero attached hydrogens (tertiary/aromatic N) is 3. The van der Waals surface area contributed by atoms with Crippen molar-refractivity contribution in [3.8, 4) is 6.07 Å². The Kier molecular flexibility index (Phi) is 4.85. The number of hydrogen-bond donors (Lipinski definition) is 1. The molecule has 1 N–H and O–H groups in total. The van der Waals surface area contributed by atoms with Crippen LogP contribution in [0.5, 0.6) is 0 Å². The Hall–Kier alpha value is -2.03. The van der Waals surface area contributed by atoms with Crippen molar-refractivity contribution in [3.05, 3.63) is 52.3 Å². The van der Waals surface area contributed by atoms with E-state index in [9.17, 15) is 0 Å². The van der Waals surface area contributed by atoms with Crippen LogP contribution in [0.4, 0.5) is 10.7 Å². The van der Waals surface area contributed by atoms with E-state index in [2.05, 4.69) is 57.9 Å². The van der Waals surface area contributed by atoms with E-state index < -0.39 is 0 Å². The summed E-state index contributed by atoms with van der Waals surface area (Å²) in [4.78, 5) is 2.37. The number of allylic oxidation sites excluding steroid dienone is 2. The van der Waals surface area contributed by atoms with Crippen LogP contribution in [0.3, 0.4) is 0 Å². The minimum atomic E-state index is 0.267. The number of nitrogens with one attached hydrogen (secondary N) is 1. The molecular weight excluding hydrogens is 328 g/mol. The highest BCUT2D eigenvalue weighted by Gasteiger charge is 2.17. The maximum Gasteiger partial charge on any atom is 0.162 e. The predicted octanol–water partition coefficient (Wildman–Crippen LogP) is 4.78. The third-order valence-electron chi connectivity index (χ3n) is 3.96. The monoisotopic (exact) mass is 344 g/mol. The normalized spacial score (nSPS) is 15.9. The van der Waals surface area contributed by atoms with Crippen LogP contribution in [0.1, 0.15) is 30.9 Å². The van der Waals surface area contributed by atoms with Crippen molar-refractivity contribution >= 4 is 33.8 Å². The third kappa shape index (κ3) is 3.34. The van der Waals surface area contributed by atoms with Gasteiger partial charge in [-0.2, -0.15) is 9.64 Å². The molecule has 1 aliphatic rings. The summed E-state index contributed by atoms with van der Waals surface area (Å²) in [5.41, 5.74) is 4.21. The minimum absolute atomic E-state index is 0.267. The van der Waals surface area contributed by atoms with E-state index in [1.807, 2.05) is 0 Å². The average Bonchev–Trinajstić information content (AvgIpc) is 3.19. The Morgan fingerprint density at radius 3 is 2.91 bits per heavy atom. The lowest BCUT2D eigenvalue weighted by molar-refractivity contribution is 0.955. The highest BCUT2D eigenvalue weighted by Crippen LogP contribution is 2.30. The highest BCUT2D eigenvalue weighted by atomic mass is 35.5. The molecule has 4 nitrogen and oxygen atoms in total. The molecule has 1 fully saturated rings. The molecule has 0 saturated carbocycles. The lowest BCUT2D eigenvalue weighted by atomic mass is 10.2. The quantitative estimate of drug-likeness (QED) is 0.866. The molecule has 0 unspecified atom stereocenters. The number of hydrogen-bond acceptors (Lipinski definition) is 5. The van der Waals surface area contributed by atoms with Gasteiger partial charge in [-0.1, -0.05) is 29.8 Å². The van der Waals surface area contributed by atoms with E-state index >= 15 is 0 Å². The number of rotatable bonds is 4. The Morgan fingerprint density at radius 2 is 2.22 bits per heavy atom. The minimum Gasteiger partial charge on any atom is -0.370 e. The Balaban J connectivity index is 1.67. The van der Waals surface area contributed by atoms with Gasteiger partial charge in [0.15, 0.2) is 5.15 Å². The summed E-state index contributed by atoms with van der Waals surface area (Å²) in [7, 11) is 0. The van der Waals surface area contributed by atoms with Crippen LogP contribution in [-0.4, -0.2) is 10.9 Å². The largest absolute Gasteiger partial charge is 0.370 e. The van der Waals surface area contributed by atoms with E-state index in [4.69, 9.17) is 16.9 Å². The second kappa shape index (κ2) is 7.03. The van der Waals surface area contributed by atoms with Gasteiger partial charge in [0, 0.05) is 24.5 Å². The standard InChI is InChI=1S/C17H17ClN4S/c1-2-13-4-3-9-22(13)14-7-5-12(6-8-14)11-20-17-15(10-19)16(18)21-23-17/h2,5-8,20H,3-4,9,11H2,1H3/b13-2+. The first-order valence-corrected chi connectivity index (χ1v) is 8.69. The molecule has 118 valence electrons. The summed E-state index contributed by atoms with van der Waals surface area (Å²) in [6.07, 6.45) is 4.56. The van der Waals surface area contributed by atoms with Gasteiger partial charge in [0.1, 0.15) is 16.6 Å². The van der Waals surface area contributed by atoms with Crippen LogP contribution >= 0.6 is 23.1 Å². The first-order chi connectivity index (χ1) is 11.2. The lowest BCUT2D eigenvalue weighted by Gasteiger charge is -2.20. The van der Waals surface area contributed by atoms with E-state index in [0.717, 1.165) is 23.5 Å². The summed E-state index contributed by atoms with van der Waals surface area (Å²) in [5.74, 6) is 0. The molecule has 1 aliphatic heterocycles. The molecule has 1 saturated heterocycles. The topological polar surface area (TPSA) is 52.0 Å². The smallest absolute Gasteiger partial charge is 0.162 e. The van der Waals surface area contributed by atoms with Crippen LogP contribution in [0, 0.1) is 11.3 Å². The van der Waals surface area contributed by atoms with E-state index in [-0.39, 0.29) is 5.15 Å². The number of benzene rings is 1. The van der Waals surface area contributed by atoms with Gasteiger partial charge in [0.25, 0.3) is 0 Å². The fraction of sp³-hybridized carbons (Fsp3) is 0.294. The first kappa shape index (κ1) is 15.9. The molecule has 23 heavy (non-hydrogen) atoms. The molecule has 1 aromatic heterocycles. The molecule has 0 spiro atoms. The van der Waals surface area contributed by atoms with Crippen molar-refractivity contribution in [1.29, 1.82) is 5.26 Å². The molecule has 0 amide bonds. The maximum absolute atomic E-state index is 9.07. The first-order valence-electron chi connectivity index (χ1n) is 7.53. The molecule has 0 aliphatic carbocycles. The second-order valence-electron chi connectivity index (χ2n) is 5.34. The molecule has 2 heterocycles. The van der Waals surface area contributed by atoms with Crippen LogP contribution in [0.2, 0.25) is 5.15 Å². The maximum atomic E-state index is 9.07. The summed E-state index contributed by atoms with van der Waals surface area (Å²) in [5, 5.41) is 13.3. The van der Waals surface area contributed by atoms with E-state index in [1.165, 1.54) is 29.3 Å². The van der Waals surface area contributed by atoms with Crippen molar-refractivity contribution in [2.75, 3.05) is 16.8 Å². The van der Waals surface area contributed by atoms with Crippen molar-refractivity contribution in [2.24, 2.45) is 0 Å². The van der Waals surface area contributed by atoms with Crippen LogP contribution < -0.4 is 10.2 Å². The zero-order chi connectivity index (χ0) is 16.2. The third-order valence-corrected chi connectivity index (χ3v) is 5.14. The molecule has 2 aromatic rings. The van der Waals surface area contributed by atoms with Crippen molar-refractivity contribution in [1.82, 2.24) is 4.37 Å². The predicted molar refractivity (Wildman–Crippen MR) is 95.9 cm³/mol. The Morgan fingerprint density at radius 1 is 1.43 bits per heavy atom. The van der Waals surface area contributed by atoms with Crippen LogP contribution in [0.15, 0.2) is 36.0 Å². The molecule has 6 heteroatoms. The summed E-state index contributed by atoms with van der Waals surface area (Å²) >= 11 is 7.09. The van der Waals surface area contributed by atoms with Crippen molar-refractivity contribution in [2.45, 2.75) is 26.3 Å². The van der Waals surface area contributed by atoms with Gasteiger partial charge in [-0.15, -0.1) is 0 Å². The highest BCUT2D eigenvalue weighted by molar-refractivity contribution is 7.10. The SMILES string of the molecule is C/C=C1\CCCN1c1ccc(CNc2snc(Cl)c2C#N)cc1. The number of halogens is 1. The van der Waals surface area contributed by atoms with Crippen LogP contribution in [0.25, 0.3) is 0 Å². The van der Waals surface area contributed by atoms with Crippen molar-refractivity contribution in [3.63, 3.8) is 0 Å². The fourth-order valence-corrected chi connectivity index (χ4v) is 3.69. The molecule has 0 atom stereocenters. The molecule has 0 bridgehead atoms. The van der Waals surface area contributed by atoms with Crippen molar-refractivity contribution < 1.29 is 0 Å². The molecular formula is C17H17ClN4S. The van der Waals surface area contributed by atoms with Gasteiger partial charge in [-0.25, -0.2) is 0 Å². The van der Waals surface area contributed by atoms with E-state index in [1.54, 1.807) is 0 Å². The Bertz CT molecular complexity index is 758. The average molecular weight is 345 g/mol. The Labute approximate surface area is 145 Å². The molecule has 3 rings (SSSR count). The van der Waals surface area contributed by atoms with E-state index in [0.29, 0.717) is 12.1 Å². The zero-order valence-electron chi connectivity index (χ0n) is 12.8. The van der Waals surface area contributed by atoms with Gasteiger partial charge in [-0.05, 0) is 49.0 Å². The van der Waals surface area contributed by atoms with Gasteiger partial charge < -0.3 is 10.2 Å². The van der Waals surface area contributed by atoms with Crippen LogP contribution in [-0.2, 0) is 6.54 Å². The van der Waals surface area contributed by atoms with Gasteiger partial charge in [-0.3, -0.25) is 0 Å². The van der Waals surface area contributed by atoms with Gasteiger partial charge >= 0.3 is 0 Å². The van der Waals surface area contributed by atoms with Gasteiger partial charge in [0.2, 0.25) is 0 Å². The number of aromatic nitrogens is 1. The second-order valence-corrected chi connectivity index (χ2v) is 6.48. The lowest BCUT2D eigenvalue weighted by Crippen LogP contribution is -2.15. The zero-order valence-corrected chi connectivity index (χ0v) is 14.4. The summed E-state index contributed by atoms with van der Waals surface area (Å²) < 4.78 is 3.99. The summed E-state index contributed by atoms with van der Waals surface area (Å²) in [6.45, 7) is 3.82. The van der Waals surface area contributed by atoms with Gasteiger partial charge in [0.05, 0.1) is 0 Å². The number of anilines is 2. The molecule has 1 aromatic carbocycles. The molecule has 0 radical (unpaired) electrons. The fourth-order valence-electron chi connectivity index (χ4n) is 2.76.